The highest BCUT2D eigenvalue weighted by Gasteiger charge is 2.49. The van der Waals surface area contributed by atoms with E-state index in [-0.39, 0.29) is 34.5 Å². The van der Waals surface area contributed by atoms with Gasteiger partial charge in [-0.1, -0.05) is 54.1 Å². The summed E-state index contributed by atoms with van der Waals surface area (Å²) in [5.41, 5.74) is 9.01. The van der Waals surface area contributed by atoms with Gasteiger partial charge in [0.2, 0.25) is 5.91 Å². The van der Waals surface area contributed by atoms with Crippen molar-refractivity contribution in [2.24, 2.45) is 0 Å². The van der Waals surface area contributed by atoms with Crippen molar-refractivity contribution in [2.45, 2.75) is 56.7 Å². The third-order valence-corrected chi connectivity index (χ3v) is 9.43. The summed E-state index contributed by atoms with van der Waals surface area (Å²) in [6, 6.07) is 17.6. The number of rotatable bonds is 10. The maximum atomic E-state index is 13.9. The summed E-state index contributed by atoms with van der Waals surface area (Å²) >= 11 is 7.74. The number of thioether (sulfide) groups is 1. The Morgan fingerprint density at radius 1 is 1.12 bits per heavy atom. The van der Waals surface area contributed by atoms with Crippen molar-refractivity contribution in [2.75, 3.05) is 18.7 Å². The first-order valence-corrected chi connectivity index (χ1v) is 15.2. The Kier molecular flexibility index (Phi) is 10.3. The highest BCUT2D eigenvalue weighted by Crippen LogP contribution is 2.40. The minimum absolute atomic E-state index is 0.0760. The molecular formula is C32H37ClN4O5S. The monoisotopic (exact) mass is 624 g/mol. The first-order chi connectivity index (χ1) is 20.4. The van der Waals surface area contributed by atoms with Crippen molar-refractivity contribution < 1.29 is 24.2 Å². The molecule has 1 fully saturated rings. The normalized spacial score (nSPS) is 17.2. The fraction of sp³-hybridized carbons (Fsp3) is 0.344. The van der Waals surface area contributed by atoms with Crippen LogP contribution in [0.4, 0.5) is 5.69 Å². The van der Waals surface area contributed by atoms with Gasteiger partial charge in [-0.3, -0.25) is 14.4 Å². The second-order valence-corrected chi connectivity index (χ2v) is 13.0. The first kappa shape index (κ1) is 32.2. The molecule has 5 N–H and O–H groups in total. The molecule has 0 aliphatic carbocycles. The zero-order valence-electron chi connectivity index (χ0n) is 24.6. The highest BCUT2D eigenvalue weighted by atomic mass is 35.5. The number of aliphatic hydroxyl groups is 1. The van der Waals surface area contributed by atoms with Gasteiger partial charge in [-0.05, 0) is 68.1 Å². The SMILES string of the molecule is COc1ccc(C[C@H](NC(=O)c2cccc(N)c2Cl)[C@H](O)C(=O)N2CSC(C)(C)C2C(=O)NCc2ccccc2C)cc1. The van der Waals surface area contributed by atoms with Gasteiger partial charge in [0.1, 0.15) is 11.8 Å². The van der Waals surface area contributed by atoms with Crippen molar-refractivity contribution in [3.05, 3.63) is 94.0 Å². The molecule has 1 heterocycles. The number of anilines is 1. The Balaban J connectivity index is 1.58. The molecule has 4 rings (SSSR count). The predicted octanol–water partition coefficient (Wildman–Crippen LogP) is 3.94. The average molecular weight is 625 g/mol. The molecule has 3 atom stereocenters. The maximum Gasteiger partial charge on any atom is 0.254 e. The van der Waals surface area contributed by atoms with E-state index in [2.05, 4.69) is 10.6 Å². The smallest absolute Gasteiger partial charge is 0.254 e. The van der Waals surface area contributed by atoms with E-state index in [1.807, 2.05) is 45.0 Å². The van der Waals surface area contributed by atoms with E-state index in [1.54, 1.807) is 43.5 Å². The van der Waals surface area contributed by atoms with Crippen LogP contribution >= 0.6 is 23.4 Å². The number of nitrogens with zero attached hydrogens (tertiary/aromatic N) is 1. The van der Waals surface area contributed by atoms with Crippen LogP contribution in [-0.4, -0.2) is 63.6 Å². The number of carbonyl (C=O) groups is 3. The van der Waals surface area contributed by atoms with Gasteiger partial charge in [0.25, 0.3) is 11.8 Å². The van der Waals surface area contributed by atoms with Crippen LogP contribution in [0.15, 0.2) is 66.7 Å². The molecule has 3 aromatic carbocycles. The van der Waals surface area contributed by atoms with Crippen molar-refractivity contribution in [1.29, 1.82) is 0 Å². The van der Waals surface area contributed by atoms with E-state index in [9.17, 15) is 19.5 Å². The molecule has 1 aliphatic rings. The number of carbonyl (C=O) groups excluding carboxylic acids is 3. The van der Waals surface area contributed by atoms with Crippen LogP contribution in [0.2, 0.25) is 5.02 Å². The number of methoxy groups -OCH3 is 1. The number of benzene rings is 3. The molecular weight excluding hydrogens is 588 g/mol. The van der Waals surface area contributed by atoms with Crippen LogP contribution < -0.4 is 21.1 Å². The lowest BCUT2D eigenvalue weighted by Gasteiger charge is -2.33. The quantitative estimate of drug-likeness (QED) is 0.251. The third-order valence-electron chi connectivity index (χ3n) is 7.63. The van der Waals surface area contributed by atoms with Gasteiger partial charge in [-0.15, -0.1) is 11.8 Å². The molecule has 11 heteroatoms. The topological polar surface area (TPSA) is 134 Å². The molecule has 9 nitrogen and oxygen atoms in total. The number of halogens is 1. The highest BCUT2D eigenvalue weighted by molar-refractivity contribution is 8.00. The van der Waals surface area contributed by atoms with Gasteiger partial charge in [-0.25, -0.2) is 0 Å². The van der Waals surface area contributed by atoms with Crippen LogP contribution in [0.25, 0.3) is 0 Å². The summed E-state index contributed by atoms with van der Waals surface area (Å²) in [7, 11) is 1.55. The molecule has 228 valence electrons. The molecule has 3 aromatic rings. The Hall–Kier alpha value is -3.73. The lowest BCUT2D eigenvalue weighted by atomic mass is 9.96. The van der Waals surface area contributed by atoms with Crippen LogP contribution in [0.5, 0.6) is 5.75 Å². The molecule has 0 spiro atoms. The Bertz CT molecular complexity index is 1480. The first-order valence-electron chi connectivity index (χ1n) is 13.9. The molecule has 43 heavy (non-hydrogen) atoms. The van der Waals surface area contributed by atoms with Gasteiger partial charge in [0.15, 0.2) is 6.10 Å². The number of aliphatic hydroxyl groups excluding tert-OH is 1. The summed E-state index contributed by atoms with van der Waals surface area (Å²) in [4.78, 5) is 42.1. The van der Waals surface area contributed by atoms with Gasteiger partial charge >= 0.3 is 0 Å². The summed E-state index contributed by atoms with van der Waals surface area (Å²) in [5.74, 6) is -0.724. The van der Waals surface area contributed by atoms with Crippen LogP contribution in [-0.2, 0) is 22.6 Å². The Morgan fingerprint density at radius 2 is 1.81 bits per heavy atom. The van der Waals surface area contributed by atoms with E-state index in [0.717, 1.165) is 16.7 Å². The minimum Gasteiger partial charge on any atom is -0.497 e. The number of aryl methyl sites for hydroxylation is 1. The summed E-state index contributed by atoms with van der Waals surface area (Å²) in [5, 5.41) is 17.3. The standard InChI is InChI=1S/C32H37ClN4O5S/c1-19-8-5-6-9-21(19)17-35-30(40)28-32(2,3)43-18-37(28)31(41)27(38)25(16-20-12-14-22(42-4)15-13-20)36-29(39)23-10-7-11-24(34)26(23)33/h5-15,25,27-28,38H,16-18,34H2,1-4H3,(H,35,40)(H,36,39)/t25-,27-,28?/m0/s1. The average Bonchev–Trinajstić information content (AvgIpc) is 3.31. The second kappa shape index (κ2) is 13.7. The fourth-order valence-electron chi connectivity index (χ4n) is 5.07. The molecule has 0 radical (unpaired) electrons. The molecule has 0 bridgehead atoms. The zero-order chi connectivity index (χ0) is 31.3. The number of nitrogens with one attached hydrogen (secondary N) is 2. The molecule has 3 amide bonds. The summed E-state index contributed by atoms with van der Waals surface area (Å²) in [6.45, 7) is 6.07. The van der Waals surface area contributed by atoms with E-state index in [1.165, 1.54) is 22.7 Å². The van der Waals surface area contributed by atoms with E-state index in [0.29, 0.717) is 12.3 Å². The fourth-order valence-corrected chi connectivity index (χ4v) is 6.42. The molecule has 1 aliphatic heterocycles. The van der Waals surface area contributed by atoms with Crippen molar-refractivity contribution in [3.8, 4) is 5.75 Å². The lowest BCUT2D eigenvalue weighted by Crippen LogP contribution is -2.58. The van der Waals surface area contributed by atoms with E-state index < -0.39 is 34.7 Å². The maximum absolute atomic E-state index is 13.9. The van der Waals surface area contributed by atoms with Crippen molar-refractivity contribution in [3.63, 3.8) is 0 Å². The van der Waals surface area contributed by atoms with Gasteiger partial charge in [-0.2, -0.15) is 0 Å². The number of nitrogens with two attached hydrogens (primary N) is 1. The number of amides is 3. The van der Waals surface area contributed by atoms with Crippen LogP contribution in [0.1, 0.15) is 40.9 Å². The summed E-state index contributed by atoms with van der Waals surface area (Å²) < 4.78 is 4.62. The van der Waals surface area contributed by atoms with Crippen molar-refractivity contribution >= 4 is 46.8 Å². The minimum atomic E-state index is -1.66. The van der Waals surface area contributed by atoms with Crippen LogP contribution in [0, 0.1) is 6.92 Å². The summed E-state index contributed by atoms with van der Waals surface area (Å²) in [6.07, 6.45) is -1.54. The van der Waals surface area contributed by atoms with Gasteiger partial charge in [0, 0.05) is 11.3 Å². The largest absolute Gasteiger partial charge is 0.497 e. The third kappa shape index (κ3) is 7.44. The van der Waals surface area contributed by atoms with Crippen molar-refractivity contribution in [1.82, 2.24) is 15.5 Å². The van der Waals surface area contributed by atoms with Gasteiger partial charge in [0.05, 0.1) is 35.3 Å². The molecule has 0 saturated carbocycles. The van der Waals surface area contributed by atoms with Gasteiger partial charge < -0.3 is 31.1 Å². The van der Waals surface area contributed by atoms with E-state index in [4.69, 9.17) is 22.1 Å². The van der Waals surface area contributed by atoms with Crippen LogP contribution in [0.3, 0.4) is 0 Å². The number of hydrogen-bond acceptors (Lipinski definition) is 7. The number of hydrogen-bond donors (Lipinski definition) is 4. The second-order valence-electron chi connectivity index (χ2n) is 11.0. The zero-order valence-corrected chi connectivity index (χ0v) is 26.2. The predicted molar refractivity (Wildman–Crippen MR) is 170 cm³/mol. The van der Waals surface area contributed by atoms with E-state index >= 15 is 0 Å². The number of nitrogen functional groups attached to an aromatic ring is 1. The molecule has 0 aromatic heterocycles. The lowest BCUT2D eigenvalue weighted by molar-refractivity contribution is -0.147. The Labute approximate surface area is 261 Å². The molecule has 1 unspecified atom stereocenters. The number of ether oxygens (including phenoxy) is 1. The molecule has 1 saturated heterocycles. The Morgan fingerprint density at radius 3 is 2.49 bits per heavy atom.